The molecule has 0 saturated carbocycles. The molecule has 1 aliphatic rings. The summed E-state index contributed by atoms with van der Waals surface area (Å²) in [6.07, 6.45) is 0. The van der Waals surface area contributed by atoms with Gasteiger partial charge in [0.05, 0.1) is 19.3 Å². The highest BCUT2D eigenvalue weighted by Crippen LogP contribution is 2.22. The highest BCUT2D eigenvalue weighted by Gasteiger charge is 2.34. The Balaban J connectivity index is 2.39. The first kappa shape index (κ1) is 13.4. The summed E-state index contributed by atoms with van der Waals surface area (Å²) in [5.74, 6) is -0.750. The number of halogens is 1. The number of nitrogens with two attached hydrogens (primary N) is 1. The molecule has 0 amide bonds. The van der Waals surface area contributed by atoms with E-state index in [-0.39, 0.29) is 24.6 Å². The Labute approximate surface area is 105 Å². The van der Waals surface area contributed by atoms with Gasteiger partial charge in [0.1, 0.15) is 10.7 Å². The lowest BCUT2D eigenvalue weighted by atomic mass is 10.3. The normalized spacial score (nSPS) is 22.0. The van der Waals surface area contributed by atoms with E-state index in [0.717, 1.165) is 6.07 Å². The van der Waals surface area contributed by atoms with E-state index in [1.54, 1.807) is 0 Å². The summed E-state index contributed by atoms with van der Waals surface area (Å²) >= 11 is 0. The van der Waals surface area contributed by atoms with E-state index in [2.05, 4.69) is 0 Å². The molecule has 100 valence electrons. The average Bonchev–Trinajstić information content (AvgIpc) is 2.39. The Morgan fingerprint density at radius 3 is 2.83 bits per heavy atom. The fourth-order valence-electron chi connectivity index (χ4n) is 1.92. The van der Waals surface area contributed by atoms with Gasteiger partial charge in [-0.2, -0.15) is 4.31 Å². The summed E-state index contributed by atoms with van der Waals surface area (Å²) in [6, 6.07) is 4.89. The van der Waals surface area contributed by atoms with Crippen LogP contribution in [-0.4, -0.2) is 45.1 Å². The Bertz CT molecular complexity index is 521. The molecule has 1 saturated heterocycles. The third-order valence-corrected chi connectivity index (χ3v) is 4.85. The van der Waals surface area contributed by atoms with Gasteiger partial charge < -0.3 is 10.5 Å². The number of sulfonamides is 1. The maximum atomic E-state index is 13.6. The van der Waals surface area contributed by atoms with Crippen LogP contribution >= 0.6 is 0 Å². The van der Waals surface area contributed by atoms with Crippen LogP contribution in [0.4, 0.5) is 4.39 Å². The highest BCUT2D eigenvalue weighted by atomic mass is 32.2. The highest BCUT2D eigenvalue weighted by molar-refractivity contribution is 7.89. The Morgan fingerprint density at radius 1 is 1.44 bits per heavy atom. The second-order valence-electron chi connectivity index (χ2n) is 4.01. The molecular formula is C11H15FN2O3S. The number of hydrogen-bond acceptors (Lipinski definition) is 4. The minimum absolute atomic E-state index is 0.147. The summed E-state index contributed by atoms with van der Waals surface area (Å²) in [5, 5.41) is 0. The van der Waals surface area contributed by atoms with Gasteiger partial charge in [0, 0.05) is 13.1 Å². The van der Waals surface area contributed by atoms with Crippen molar-refractivity contribution in [3.63, 3.8) is 0 Å². The van der Waals surface area contributed by atoms with Crippen molar-refractivity contribution in [3.05, 3.63) is 30.1 Å². The predicted molar refractivity (Wildman–Crippen MR) is 64.0 cm³/mol. The summed E-state index contributed by atoms with van der Waals surface area (Å²) in [4.78, 5) is -0.314. The van der Waals surface area contributed by atoms with Crippen LogP contribution in [0.15, 0.2) is 29.2 Å². The second-order valence-corrected chi connectivity index (χ2v) is 5.87. The van der Waals surface area contributed by atoms with E-state index < -0.39 is 21.9 Å². The van der Waals surface area contributed by atoms with Crippen LogP contribution in [0, 0.1) is 5.82 Å². The Morgan fingerprint density at radius 2 is 2.17 bits per heavy atom. The average molecular weight is 274 g/mol. The van der Waals surface area contributed by atoms with Gasteiger partial charge in [-0.15, -0.1) is 0 Å². The summed E-state index contributed by atoms with van der Waals surface area (Å²) < 4.78 is 44.7. The third-order valence-electron chi connectivity index (χ3n) is 2.87. The predicted octanol–water partition coefficient (Wildman–Crippen LogP) is 0.174. The molecule has 0 aliphatic carbocycles. The van der Waals surface area contributed by atoms with Gasteiger partial charge in [0.15, 0.2) is 0 Å². The quantitative estimate of drug-likeness (QED) is 0.853. The Kier molecular flexibility index (Phi) is 3.96. The molecule has 18 heavy (non-hydrogen) atoms. The van der Waals surface area contributed by atoms with Gasteiger partial charge in [-0.05, 0) is 12.1 Å². The zero-order valence-electron chi connectivity index (χ0n) is 9.75. The van der Waals surface area contributed by atoms with E-state index in [1.165, 1.54) is 22.5 Å². The van der Waals surface area contributed by atoms with Gasteiger partial charge in [-0.25, -0.2) is 12.8 Å². The number of morpholine rings is 1. The van der Waals surface area contributed by atoms with Crippen LogP contribution < -0.4 is 5.73 Å². The van der Waals surface area contributed by atoms with Crippen LogP contribution in [-0.2, 0) is 14.8 Å². The molecule has 0 radical (unpaired) electrons. The van der Waals surface area contributed by atoms with Crippen molar-refractivity contribution in [2.45, 2.75) is 10.9 Å². The molecule has 1 aliphatic heterocycles. The third kappa shape index (κ3) is 2.39. The van der Waals surface area contributed by atoms with Crippen molar-refractivity contribution < 1.29 is 17.5 Å². The van der Waals surface area contributed by atoms with Crippen molar-refractivity contribution in [1.82, 2.24) is 4.31 Å². The number of benzene rings is 1. The van der Waals surface area contributed by atoms with Crippen LogP contribution in [0.2, 0.25) is 0 Å². The molecule has 7 heteroatoms. The second kappa shape index (κ2) is 5.31. The van der Waals surface area contributed by atoms with Crippen molar-refractivity contribution in [1.29, 1.82) is 0 Å². The van der Waals surface area contributed by atoms with E-state index in [1.807, 2.05) is 0 Å². The minimum atomic E-state index is -3.86. The van der Waals surface area contributed by atoms with Gasteiger partial charge in [0.25, 0.3) is 0 Å². The fraction of sp³-hybridized carbons (Fsp3) is 0.455. The lowest BCUT2D eigenvalue weighted by Gasteiger charge is -2.33. The van der Waals surface area contributed by atoms with Crippen molar-refractivity contribution in [2.24, 2.45) is 5.73 Å². The van der Waals surface area contributed by atoms with E-state index in [9.17, 15) is 12.8 Å². The van der Waals surface area contributed by atoms with Crippen LogP contribution in [0.1, 0.15) is 0 Å². The van der Waals surface area contributed by atoms with Gasteiger partial charge in [-0.3, -0.25) is 0 Å². The first-order valence-corrected chi connectivity index (χ1v) is 7.05. The molecule has 1 fully saturated rings. The zero-order valence-corrected chi connectivity index (χ0v) is 10.6. The standard InChI is InChI=1S/C11H15FN2O3S/c12-10-3-1-2-4-11(10)18(15,16)14-5-6-17-8-9(14)7-13/h1-4,9H,5-8,13H2. The number of nitrogens with zero attached hydrogens (tertiary/aromatic N) is 1. The zero-order chi connectivity index (χ0) is 13.2. The molecule has 2 rings (SSSR count). The smallest absolute Gasteiger partial charge is 0.246 e. The molecule has 2 N–H and O–H groups in total. The summed E-state index contributed by atoms with van der Waals surface area (Å²) in [5.41, 5.74) is 5.53. The summed E-state index contributed by atoms with van der Waals surface area (Å²) in [6.45, 7) is 0.876. The van der Waals surface area contributed by atoms with Crippen molar-refractivity contribution in [3.8, 4) is 0 Å². The summed E-state index contributed by atoms with van der Waals surface area (Å²) in [7, 11) is -3.86. The van der Waals surface area contributed by atoms with Crippen LogP contribution in [0.5, 0.6) is 0 Å². The van der Waals surface area contributed by atoms with Crippen LogP contribution in [0.3, 0.4) is 0 Å². The lowest BCUT2D eigenvalue weighted by molar-refractivity contribution is 0.0357. The molecule has 5 nitrogen and oxygen atoms in total. The van der Waals surface area contributed by atoms with E-state index >= 15 is 0 Å². The minimum Gasteiger partial charge on any atom is -0.378 e. The molecule has 0 bridgehead atoms. The van der Waals surface area contributed by atoms with E-state index in [4.69, 9.17) is 10.5 Å². The molecule has 1 aromatic rings. The van der Waals surface area contributed by atoms with Gasteiger partial charge >= 0.3 is 0 Å². The first-order chi connectivity index (χ1) is 8.57. The largest absolute Gasteiger partial charge is 0.378 e. The molecule has 0 aromatic heterocycles. The molecule has 1 unspecified atom stereocenters. The topological polar surface area (TPSA) is 72.6 Å². The number of ether oxygens (including phenoxy) is 1. The molecule has 1 heterocycles. The Hall–Kier alpha value is -1.02. The fourth-order valence-corrected chi connectivity index (χ4v) is 3.59. The molecule has 1 aromatic carbocycles. The van der Waals surface area contributed by atoms with Gasteiger partial charge in [-0.1, -0.05) is 12.1 Å². The van der Waals surface area contributed by atoms with Gasteiger partial charge in [0.2, 0.25) is 10.0 Å². The number of hydrogen-bond donors (Lipinski definition) is 1. The monoisotopic (exact) mass is 274 g/mol. The lowest BCUT2D eigenvalue weighted by Crippen LogP contribution is -2.52. The van der Waals surface area contributed by atoms with Crippen molar-refractivity contribution in [2.75, 3.05) is 26.3 Å². The maximum absolute atomic E-state index is 13.6. The maximum Gasteiger partial charge on any atom is 0.246 e. The molecule has 1 atom stereocenters. The molecular weight excluding hydrogens is 259 g/mol. The van der Waals surface area contributed by atoms with Crippen LogP contribution in [0.25, 0.3) is 0 Å². The van der Waals surface area contributed by atoms with Crippen molar-refractivity contribution >= 4 is 10.0 Å². The first-order valence-electron chi connectivity index (χ1n) is 5.61. The van der Waals surface area contributed by atoms with E-state index in [0.29, 0.717) is 6.61 Å². The molecule has 0 spiro atoms. The SMILES string of the molecule is NCC1COCCN1S(=O)(=O)c1ccccc1F. The number of rotatable bonds is 3.